The summed E-state index contributed by atoms with van der Waals surface area (Å²) in [6.07, 6.45) is 0.670. The number of pyridine rings is 1. The molecule has 0 radical (unpaired) electrons. The summed E-state index contributed by atoms with van der Waals surface area (Å²) in [6.45, 7) is 2.72. The number of aromatic nitrogens is 5. The second kappa shape index (κ2) is 5.98. The van der Waals surface area contributed by atoms with Gasteiger partial charge in [-0.2, -0.15) is 4.98 Å². The Morgan fingerprint density at radius 1 is 1.08 bits per heavy atom. The fourth-order valence-electron chi connectivity index (χ4n) is 2.50. The molecule has 0 fully saturated rings. The normalized spacial score (nSPS) is 12.2. The molecule has 0 N–H and O–H groups in total. The zero-order chi connectivity index (χ0) is 18.3. The fourth-order valence-corrected chi connectivity index (χ4v) is 2.50. The van der Waals surface area contributed by atoms with Gasteiger partial charge >= 0.3 is 0 Å². The molecule has 0 bridgehead atoms. The predicted octanol–water partition coefficient (Wildman–Crippen LogP) is 4.01. The summed E-state index contributed by atoms with van der Waals surface area (Å²) in [5.74, 6) is 0.800. The second-order valence-corrected chi connectivity index (χ2v) is 6.45. The highest BCUT2D eigenvalue weighted by Crippen LogP contribution is 2.30. The van der Waals surface area contributed by atoms with E-state index in [4.69, 9.17) is 4.52 Å². The summed E-state index contributed by atoms with van der Waals surface area (Å²) in [4.78, 5) is 12.8. The minimum absolute atomic E-state index is 0.104. The molecular formula is C18H15F2N5O. The maximum Gasteiger partial charge on any atom is 0.252 e. The number of para-hydroxylation sites is 2. The van der Waals surface area contributed by atoms with Crippen LogP contribution < -0.4 is 0 Å². The second-order valence-electron chi connectivity index (χ2n) is 6.45. The van der Waals surface area contributed by atoms with Crippen LogP contribution in [0, 0.1) is 0 Å². The minimum Gasteiger partial charge on any atom is -0.338 e. The van der Waals surface area contributed by atoms with Gasteiger partial charge in [0.05, 0.1) is 11.0 Å². The van der Waals surface area contributed by atoms with Crippen LogP contribution >= 0.6 is 0 Å². The van der Waals surface area contributed by atoms with Crippen molar-refractivity contribution in [1.82, 2.24) is 24.7 Å². The molecule has 0 spiro atoms. The van der Waals surface area contributed by atoms with Crippen LogP contribution in [0.1, 0.15) is 19.7 Å². The molecule has 0 aliphatic carbocycles. The SMILES string of the molecule is CC(C)(c1nc(-c2ccc(-n3cnc4ccccc43)nc2)no1)C(F)F. The molecule has 0 aliphatic rings. The third-order valence-electron chi connectivity index (χ3n) is 4.23. The van der Waals surface area contributed by atoms with Crippen molar-refractivity contribution in [3.8, 4) is 17.2 Å². The van der Waals surface area contributed by atoms with Gasteiger partial charge in [-0.1, -0.05) is 17.3 Å². The van der Waals surface area contributed by atoms with Crippen molar-refractivity contribution in [2.24, 2.45) is 0 Å². The van der Waals surface area contributed by atoms with E-state index in [1.165, 1.54) is 13.8 Å². The molecule has 0 unspecified atom stereocenters. The first kappa shape index (κ1) is 16.3. The summed E-state index contributed by atoms with van der Waals surface area (Å²) >= 11 is 0. The summed E-state index contributed by atoms with van der Waals surface area (Å²) in [6, 6.07) is 11.3. The Hall–Kier alpha value is -3.16. The average Bonchev–Trinajstić information content (AvgIpc) is 3.29. The number of hydrogen-bond donors (Lipinski definition) is 0. The summed E-state index contributed by atoms with van der Waals surface area (Å²) in [5.41, 5.74) is 0.885. The third kappa shape index (κ3) is 2.63. The average molecular weight is 355 g/mol. The summed E-state index contributed by atoms with van der Waals surface area (Å²) in [5, 5.41) is 3.80. The summed E-state index contributed by atoms with van der Waals surface area (Å²) < 4.78 is 33.1. The molecule has 3 heterocycles. The highest BCUT2D eigenvalue weighted by Gasteiger charge is 2.37. The fraction of sp³-hybridized carbons (Fsp3) is 0.222. The van der Waals surface area contributed by atoms with Crippen LogP contribution in [-0.4, -0.2) is 31.1 Å². The Morgan fingerprint density at radius 2 is 1.88 bits per heavy atom. The van der Waals surface area contributed by atoms with Crippen molar-refractivity contribution in [2.45, 2.75) is 25.7 Å². The zero-order valence-corrected chi connectivity index (χ0v) is 14.1. The Labute approximate surface area is 147 Å². The number of alkyl halides is 2. The lowest BCUT2D eigenvalue weighted by atomic mass is 9.94. The standard InChI is InChI=1S/C18H15F2N5O/c1-18(2,16(19)20)17-23-15(24-26-17)11-7-8-14(21-9-11)25-10-22-12-5-3-4-6-13(12)25/h3-10,16H,1-2H3. The molecule has 3 aromatic heterocycles. The number of nitrogens with zero attached hydrogens (tertiary/aromatic N) is 5. The van der Waals surface area contributed by atoms with Crippen LogP contribution in [0.5, 0.6) is 0 Å². The highest BCUT2D eigenvalue weighted by atomic mass is 19.3. The number of benzene rings is 1. The van der Waals surface area contributed by atoms with Crippen molar-refractivity contribution >= 4 is 11.0 Å². The first-order valence-electron chi connectivity index (χ1n) is 7.98. The van der Waals surface area contributed by atoms with E-state index in [-0.39, 0.29) is 11.7 Å². The lowest BCUT2D eigenvalue weighted by molar-refractivity contribution is 0.0505. The quantitative estimate of drug-likeness (QED) is 0.553. The Morgan fingerprint density at radius 3 is 2.62 bits per heavy atom. The van der Waals surface area contributed by atoms with Crippen molar-refractivity contribution in [2.75, 3.05) is 0 Å². The molecule has 0 saturated heterocycles. The Bertz CT molecular complexity index is 1050. The monoisotopic (exact) mass is 355 g/mol. The van der Waals surface area contributed by atoms with Gasteiger partial charge in [0.15, 0.2) is 0 Å². The van der Waals surface area contributed by atoms with E-state index in [1.54, 1.807) is 24.7 Å². The first-order chi connectivity index (χ1) is 12.5. The van der Waals surface area contributed by atoms with Crippen LogP contribution in [0.2, 0.25) is 0 Å². The van der Waals surface area contributed by atoms with E-state index in [1.807, 2.05) is 28.8 Å². The molecule has 4 rings (SSSR count). The van der Waals surface area contributed by atoms with Gasteiger partial charge in [0, 0.05) is 11.8 Å². The largest absolute Gasteiger partial charge is 0.338 e. The number of imidazole rings is 1. The molecule has 0 amide bonds. The molecule has 6 nitrogen and oxygen atoms in total. The molecule has 0 atom stereocenters. The van der Waals surface area contributed by atoms with Gasteiger partial charge in [0.25, 0.3) is 6.43 Å². The van der Waals surface area contributed by atoms with E-state index in [2.05, 4.69) is 20.1 Å². The van der Waals surface area contributed by atoms with Gasteiger partial charge in [-0.25, -0.2) is 18.7 Å². The zero-order valence-electron chi connectivity index (χ0n) is 14.1. The maximum absolute atomic E-state index is 13.1. The van der Waals surface area contributed by atoms with Gasteiger partial charge in [-0.05, 0) is 38.1 Å². The molecule has 1 aromatic carbocycles. The van der Waals surface area contributed by atoms with Gasteiger partial charge in [-0.15, -0.1) is 0 Å². The minimum atomic E-state index is -2.61. The van der Waals surface area contributed by atoms with E-state index >= 15 is 0 Å². The number of hydrogen-bond acceptors (Lipinski definition) is 5. The topological polar surface area (TPSA) is 69.6 Å². The van der Waals surface area contributed by atoms with Crippen LogP contribution in [0.3, 0.4) is 0 Å². The van der Waals surface area contributed by atoms with E-state index in [0.29, 0.717) is 11.4 Å². The van der Waals surface area contributed by atoms with E-state index < -0.39 is 11.8 Å². The lowest BCUT2D eigenvalue weighted by Gasteiger charge is -2.17. The number of halogens is 2. The molecule has 26 heavy (non-hydrogen) atoms. The van der Waals surface area contributed by atoms with E-state index in [0.717, 1.165) is 11.0 Å². The van der Waals surface area contributed by atoms with Crippen LogP contribution in [-0.2, 0) is 5.41 Å². The van der Waals surface area contributed by atoms with Gasteiger partial charge in [-0.3, -0.25) is 4.57 Å². The summed E-state index contributed by atoms with van der Waals surface area (Å²) in [7, 11) is 0. The lowest BCUT2D eigenvalue weighted by Crippen LogP contribution is -2.27. The molecule has 8 heteroatoms. The highest BCUT2D eigenvalue weighted by molar-refractivity contribution is 5.76. The van der Waals surface area contributed by atoms with Gasteiger partial charge in [0.2, 0.25) is 11.7 Å². The molecular weight excluding hydrogens is 340 g/mol. The van der Waals surface area contributed by atoms with Gasteiger partial charge < -0.3 is 4.52 Å². The van der Waals surface area contributed by atoms with Crippen LogP contribution in [0.15, 0.2) is 53.4 Å². The predicted molar refractivity (Wildman–Crippen MR) is 91.2 cm³/mol. The maximum atomic E-state index is 13.1. The third-order valence-corrected chi connectivity index (χ3v) is 4.23. The van der Waals surface area contributed by atoms with Crippen molar-refractivity contribution < 1.29 is 13.3 Å². The van der Waals surface area contributed by atoms with Crippen molar-refractivity contribution in [1.29, 1.82) is 0 Å². The van der Waals surface area contributed by atoms with Crippen LogP contribution in [0.25, 0.3) is 28.2 Å². The molecule has 0 saturated carbocycles. The molecule has 0 aliphatic heterocycles. The number of fused-ring (bicyclic) bond motifs is 1. The van der Waals surface area contributed by atoms with E-state index in [9.17, 15) is 8.78 Å². The molecule has 4 aromatic rings. The Kier molecular flexibility index (Phi) is 3.75. The van der Waals surface area contributed by atoms with Gasteiger partial charge in [0.1, 0.15) is 17.6 Å². The molecule has 132 valence electrons. The Balaban J connectivity index is 1.66. The smallest absolute Gasteiger partial charge is 0.252 e. The van der Waals surface area contributed by atoms with Crippen LogP contribution in [0.4, 0.5) is 8.78 Å². The first-order valence-corrected chi connectivity index (χ1v) is 7.98. The van der Waals surface area contributed by atoms with Crippen molar-refractivity contribution in [3.05, 3.63) is 54.8 Å². The van der Waals surface area contributed by atoms with Crippen molar-refractivity contribution in [3.63, 3.8) is 0 Å². The number of rotatable bonds is 4.